The van der Waals surface area contributed by atoms with Gasteiger partial charge in [0.15, 0.2) is 0 Å². The van der Waals surface area contributed by atoms with Gasteiger partial charge in [-0.15, -0.1) is 5.54 Å². The molecule has 0 unspecified atom stereocenters. The van der Waals surface area contributed by atoms with Crippen molar-refractivity contribution < 1.29 is 18.7 Å². The van der Waals surface area contributed by atoms with Crippen LogP contribution in [0.3, 0.4) is 0 Å². The molecule has 1 aromatic heterocycles. The number of esters is 1. The normalized spacial score (nSPS) is 23.0. The third-order valence-corrected chi connectivity index (χ3v) is 4.34. The van der Waals surface area contributed by atoms with E-state index in [1.54, 1.807) is 0 Å². The third kappa shape index (κ3) is 5.14. The average molecular weight is 368 g/mol. The Labute approximate surface area is 145 Å². The van der Waals surface area contributed by atoms with Crippen molar-refractivity contribution in [3.8, 4) is 11.5 Å². The second kappa shape index (κ2) is 7.37. The lowest BCUT2D eigenvalue weighted by molar-refractivity contribution is -0.146. The van der Waals surface area contributed by atoms with Crippen molar-refractivity contribution in [3.63, 3.8) is 0 Å². The Morgan fingerprint density at radius 3 is 2.76 bits per heavy atom. The zero-order chi connectivity index (χ0) is 18.8. The molecule has 2 heterocycles. The first-order chi connectivity index (χ1) is 11.6. The number of aromatic nitrogens is 2. The van der Waals surface area contributed by atoms with Crippen LogP contribution < -0.4 is 11.2 Å². The van der Waals surface area contributed by atoms with Gasteiger partial charge >= 0.3 is 11.7 Å². The molecule has 1 fully saturated rings. The number of H-pyrrole nitrogens is 1. The van der Waals surface area contributed by atoms with E-state index in [-0.39, 0.29) is 18.6 Å². The van der Waals surface area contributed by atoms with Gasteiger partial charge in [0.2, 0.25) is 0 Å². The standard InChI is InChI=1S/C16H21FN2O5Si/c1-10(20)23-9-13-12(17)7-14(24-13)19-8-11(5-6-25(2,3)4)15(21)18-16(19)22/h8,12-14H,7,9H2,1-4H3,(H,18,21,22)/t12-,13+,14+/m0/s1. The minimum absolute atomic E-state index is 0.0846. The van der Waals surface area contributed by atoms with Crippen molar-refractivity contribution in [3.05, 3.63) is 32.6 Å². The van der Waals surface area contributed by atoms with Gasteiger partial charge in [-0.1, -0.05) is 25.6 Å². The van der Waals surface area contributed by atoms with Gasteiger partial charge in [0.05, 0.1) is 0 Å². The minimum Gasteiger partial charge on any atom is -0.463 e. The molecule has 1 aliphatic heterocycles. The fourth-order valence-corrected chi connectivity index (χ4v) is 2.76. The number of alkyl halides is 1. The number of rotatable bonds is 3. The fraction of sp³-hybridized carbons (Fsp3) is 0.562. The highest BCUT2D eigenvalue weighted by atomic mass is 28.3. The largest absolute Gasteiger partial charge is 0.463 e. The number of carbonyl (C=O) groups excluding carboxylic acids is 1. The highest BCUT2D eigenvalue weighted by Crippen LogP contribution is 2.30. The van der Waals surface area contributed by atoms with Crippen molar-refractivity contribution in [2.45, 2.75) is 51.5 Å². The van der Waals surface area contributed by atoms with Crippen molar-refractivity contribution in [1.82, 2.24) is 9.55 Å². The van der Waals surface area contributed by atoms with Crippen LogP contribution in [0.25, 0.3) is 0 Å². The number of carbonyl (C=O) groups is 1. The third-order valence-electron chi connectivity index (χ3n) is 3.46. The number of nitrogens with one attached hydrogen (secondary N) is 1. The monoisotopic (exact) mass is 368 g/mol. The highest BCUT2D eigenvalue weighted by molar-refractivity contribution is 6.83. The molecule has 1 saturated heterocycles. The van der Waals surface area contributed by atoms with Crippen LogP contribution in [0.5, 0.6) is 0 Å². The van der Waals surface area contributed by atoms with Crippen LogP contribution in [0.2, 0.25) is 19.6 Å². The van der Waals surface area contributed by atoms with Crippen LogP contribution in [-0.2, 0) is 14.3 Å². The summed E-state index contributed by atoms with van der Waals surface area (Å²) in [6.07, 6.45) is -2.03. The predicted molar refractivity (Wildman–Crippen MR) is 91.6 cm³/mol. The summed E-state index contributed by atoms with van der Waals surface area (Å²) in [5.41, 5.74) is 1.89. The van der Waals surface area contributed by atoms with E-state index in [9.17, 15) is 18.8 Å². The molecule has 136 valence electrons. The molecule has 0 aliphatic carbocycles. The zero-order valence-electron chi connectivity index (χ0n) is 14.6. The lowest BCUT2D eigenvalue weighted by atomic mass is 10.2. The Hall–Kier alpha value is -2.18. The number of hydrogen-bond donors (Lipinski definition) is 1. The molecule has 1 N–H and O–H groups in total. The molecule has 7 nitrogen and oxygen atoms in total. The predicted octanol–water partition coefficient (Wildman–Crippen LogP) is 0.954. The highest BCUT2D eigenvalue weighted by Gasteiger charge is 2.37. The lowest BCUT2D eigenvalue weighted by Crippen LogP contribution is -2.34. The van der Waals surface area contributed by atoms with Crippen LogP contribution in [-0.4, -0.2) is 42.5 Å². The first-order valence-corrected chi connectivity index (χ1v) is 11.4. The van der Waals surface area contributed by atoms with Crippen LogP contribution in [0.1, 0.15) is 25.1 Å². The van der Waals surface area contributed by atoms with Gasteiger partial charge in [0, 0.05) is 19.5 Å². The molecule has 3 atom stereocenters. The molecule has 0 bridgehead atoms. The summed E-state index contributed by atoms with van der Waals surface area (Å²) in [6, 6.07) is 0. The van der Waals surface area contributed by atoms with E-state index in [0.717, 1.165) is 4.57 Å². The quantitative estimate of drug-likeness (QED) is 0.487. The maximum atomic E-state index is 14.1. The first kappa shape index (κ1) is 19.1. The molecule has 0 aromatic carbocycles. The zero-order valence-corrected chi connectivity index (χ0v) is 15.6. The average Bonchev–Trinajstić information content (AvgIpc) is 2.84. The molecule has 2 rings (SSSR count). The summed E-state index contributed by atoms with van der Waals surface area (Å²) in [5, 5.41) is 0. The van der Waals surface area contributed by atoms with Gasteiger partial charge < -0.3 is 9.47 Å². The van der Waals surface area contributed by atoms with Gasteiger partial charge in [0.25, 0.3) is 5.56 Å². The molecule has 0 radical (unpaired) electrons. The van der Waals surface area contributed by atoms with Crippen molar-refractivity contribution in [2.24, 2.45) is 0 Å². The second-order valence-electron chi connectivity index (χ2n) is 6.89. The summed E-state index contributed by atoms with van der Waals surface area (Å²) in [7, 11) is -1.71. The van der Waals surface area contributed by atoms with E-state index < -0.39 is 43.8 Å². The lowest BCUT2D eigenvalue weighted by Gasteiger charge is -2.15. The molecule has 0 amide bonds. The summed E-state index contributed by atoms with van der Waals surface area (Å²) in [6.45, 7) is 7.07. The topological polar surface area (TPSA) is 90.4 Å². The molecule has 0 saturated carbocycles. The Kier molecular flexibility index (Phi) is 5.64. The number of ether oxygens (including phenoxy) is 2. The number of halogens is 1. The molecule has 25 heavy (non-hydrogen) atoms. The van der Waals surface area contributed by atoms with Gasteiger partial charge in [-0.3, -0.25) is 19.1 Å². The molecule has 1 aromatic rings. The molecular formula is C16H21FN2O5Si. The van der Waals surface area contributed by atoms with Gasteiger partial charge in [-0.2, -0.15) is 0 Å². The summed E-state index contributed by atoms with van der Waals surface area (Å²) in [4.78, 5) is 37.0. The van der Waals surface area contributed by atoms with Crippen molar-refractivity contribution in [1.29, 1.82) is 0 Å². The van der Waals surface area contributed by atoms with Crippen LogP contribution in [0.4, 0.5) is 4.39 Å². The molecule has 1 aliphatic rings. The van der Waals surface area contributed by atoms with Crippen molar-refractivity contribution >= 4 is 14.0 Å². The Balaban J connectivity index is 2.27. The fourth-order valence-electron chi connectivity index (χ4n) is 2.25. The smallest absolute Gasteiger partial charge is 0.330 e. The first-order valence-electron chi connectivity index (χ1n) is 7.88. The van der Waals surface area contributed by atoms with Crippen molar-refractivity contribution in [2.75, 3.05) is 6.61 Å². The minimum atomic E-state index is -1.71. The van der Waals surface area contributed by atoms with Crippen LogP contribution in [0, 0.1) is 11.5 Å². The van der Waals surface area contributed by atoms with Gasteiger partial charge in [-0.25, -0.2) is 9.18 Å². The van der Waals surface area contributed by atoms with E-state index in [4.69, 9.17) is 9.47 Å². The molecule has 9 heteroatoms. The van der Waals surface area contributed by atoms with E-state index in [1.165, 1.54) is 13.1 Å². The number of nitrogens with zero attached hydrogens (tertiary/aromatic N) is 1. The summed E-state index contributed by atoms with van der Waals surface area (Å²) in [5.74, 6) is 2.26. The second-order valence-corrected chi connectivity index (χ2v) is 11.6. The van der Waals surface area contributed by atoms with E-state index in [0.29, 0.717) is 0 Å². The van der Waals surface area contributed by atoms with Crippen LogP contribution >= 0.6 is 0 Å². The van der Waals surface area contributed by atoms with Gasteiger partial charge in [-0.05, 0) is 0 Å². The summed E-state index contributed by atoms with van der Waals surface area (Å²) < 4.78 is 25.4. The Morgan fingerprint density at radius 1 is 1.48 bits per heavy atom. The Morgan fingerprint density at radius 2 is 2.16 bits per heavy atom. The van der Waals surface area contributed by atoms with E-state index >= 15 is 0 Å². The SMILES string of the molecule is CC(=O)OC[C@H]1O[C@@H](n2cc(C#C[Si](C)(C)C)c(=O)[nH]c2=O)C[C@@H]1F. The summed E-state index contributed by atoms with van der Waals surface area (Å²) >= 11 is 0. The van der Waals surface area contributed by atoms with E-state index in [1.807, 2.05) is 19.6 Å². The number of aromatic amines is 1. The Bertz CT molecular complexity index is 830. The maximum absolute atomic E-state index is 14.1. The van der Waals surface area contributed by atoms with Gasteiger partial charge in [0.1, 0.15) is 38.7 Å². The van der Waals surface area contributed by atoms with Crippen LogP contribution in [0.15, 0.2) is 15.8 Å². The molecular weight excluding hydrogens is 347 g/mol. The number of hydrogen-bond acceptors (Lipinski definition) is 5. The van der Waals surface area contributed by atoms with E-state index in [2.05, 4.69) is 16.4 Å². The maximum Gasteiger partial charge on any atom is 0.330 e. The molecule has 0 spiro atoms.